The van der Waals surface area contributed by atoms with Crippen LogP contribution in [0.2, 0.25) is 0 Å². The summed E-state index contributed by atoms with van der Waals surface area (Å²) in [6.45, 7) is 1.79. The number of rotatable bonds is 5. The molecule has 1 aromatic heterocycles. The Morgan fingerprint density at radius 1 is 1.04 bits per heavy atom. The minimum absolute atomic E-state index is 0.0211. The molecule has 0 saturated heterocycles. The molecule has 0 aliphatic heterocycles. The fourth-order valence-corrected chi connectivity index (χ4v) is 3.73. The van der Waals surface area contributed by atoms with Crippen LogP contribution in [0, 0.1) is 0 Å². The number of amides is 2. The van der Waals surface area contributed by atoms with Gasteiger partial charge in [0.05, 0.1) is 12.1 Å². The molecule has 0 radical (unpaired) electrons. The number of hydrogen-bond acceptors (Lipinski definition) is 4. The van der Waals surface area contributed by atoms with Gasteiger partial charge in [-0.1, -0.05) is 48.5 Å². The van der Waals surface area contributed by atoms with Crippen LogP contribution < -0.4 is 10.6 Å². The molecule has 3 rings (SSSR count). The summed E-state index contributed by atoms with van der Waals surface area (Å²) in [5.74, 6) is -1.48. The second-order valence-corrected chi connectivity index (χ2v) is 6.93. The summed E-state index contributed by atoms with van der Waals surface area (Å²) in [6.07, 6.45) is -0.866. The van der Waals surface area contributed by atoms with E-state index in [2.05, 4.69) is 10.6 Å². The van der Waals surface area contributed by atoms with Gasteiger partial charge in [0.15, 0.2) is 0 Å². The van der Waals surface area contributed by atoms with Crippen molar-refractivity contribution in [2.75, 3.05) is 6.54 Å². The number of nitrogens with one attached hydrogen (secondary N) is 2. The van der Waals surface area contributed by atoms with Crippen LogP contribution in [0.15, 0.2) is 60.0 Å². The van der Waals surface area contributed by atoms with E-state index in [4.69, 9.17) is 0 Å². The molecule has 5 nitrogen and oxygen atoms in total. The van der Waals surface area contributed by atoms with Crippen LogP contribution in [0.1, 0.15) is 30.2 Å². The van der Waals surface area contributed by atoms with Gasteiger partial charge in [0.25, 0.3) is 0 Å². The third kappa shape index (κ3) is 4.09. The molecule has 6 heteroatoms. The van der Waals surface area contributed by atoms with Crippen molar-refractivity contribution >= 4 is 33.2 Å². The van der Waals surface area contributed by atoms with Crippen LogP contribution >= 0.6 is 11.3 Å². The van der Waals surface area contributed by atoms with Crippen LogP contribution in [0.3, 0.4) is 0 Å². The zero-order valence-electron chi connectivity index (χ0n) is 14.3. The molecule has 2 amide bonds. The Morgan fingerprint density at radius 2 is 1.73 bits per heavy atom. The summed E-state index contributed by atoms with van der Waals surface area (Å²) in [6, 6.07) is 16.9. The molecule has 1 heterocycles. The summed E-state index contributed by atoms with van der Waals surface area (Å²) in [4.78, 5) is 24.1. The summed E-state index contributed by atoms with van der Waals surface area (Å²) in [7, 11) is 0. The highest BCUT2D eigenvalue weighted by Gasteiger charge is 2.19. The van der Waals surface area contributed by atoms with Gasteiger partial charge < -0.3 is 15.7 Å². The molecule has 3 aromatic rings. The predicted octanol–water partition coefficient (Wildman–Crippen LogP) is 2.93. The van der Waals surface area contributed by atoms with E-state index >= 15 is 0 Å². The Kier molecular flexibility index (Phi) is 5.65. The fraction of sp³-hybridized carbons (Fsp3) is 0.200. The number of aliphatic hydroxyl groups is 1. The highest BCUT2D eigenvalue weighted by molar-refractivity contribution is 7.17. The SMILES string of the molecule is C[C@@H](NC(=O)C(=O)NC[C@@H](O)c1csc2ccccc12)c1ccccc1. The van der Waals surface area contributed by atoms with Crippen molar-refractivity contribution in [2.45, 2.75) is 19.1 Å². The van der Waals surface area contributed by atoms with Gasteiger partial charge in [0.1, 0.15) is 0 Å². The highest BCUT2D eigenvalue weighted by atomic mass is 32.1. The van der Waals surface area contributed by atoms with E-state index in [0.717, 1.165) is 21.2 Å². The summed E-state index contributed by atoms with van der Waals surface area (Å²) in [5.41, 5.74) is 1.67. The topological polar surface area (TPSA) is 78.4 Å². The van der Waals surface area contributed by atoms with Crippen molar-refractivity contribution in [3.63, 3.8) is 0 Å². The van der Waals surface area contributed by atoms with Gasteiger partial charge in [0.2, 0.25) is 0 Å². The Balaban J connectivity index is 1.55. The number of carbonyl (C=O) groups is 2. The molecular formula is C20H20N2O3S. The van der Waals surface area contributed by atoms with Crippen molar-refractivity contribution in [2.24, 2.45) is 0 Å². The van der Waals surface area contributed by atoms with Gasteiger partial charge in [-0.2, -0.15) is 0 Å². The first-order chi connectivity index (χ1) is 12.6. The Morgan fingerprint density at radius 3 is 2.50 bits per heavy atom. The monoisotopic (exact) mass is 368 g/mol. The lowest BCUT2D eigenvalue weighted by molar-refractivity contribution is -0.139. The minimum atomic E-state index is -0.866. The van der Waals surface area contributed by atoms with Crippen LogP contribution in [0.25, 0.3) is 10.1 Å². The number of carbonyl (C=O) groups excluding carboxylic acids is 2. The second kappa shape index (κ2) is 8.12. The molecule has 0 aliphatic carbocycles. The third-order valence-corrected chi connectivity index (χ3v) is 5.16. The molecule has 26 heavy (non-hydrogen) atoms. The first kappa shape index (κ1) is 18.1. The van der Waals surface area contributed by atoms with E-state index in [1.165, 1.54) is 11.3 Å². The number of hydrogen-bond donors (Lipinski definition) is 3. The smallest absolute Gasteiger partial charge is 0.309 e. The van der Waals surface area contributed by atoms with E-state index in [-0.39, 0.29) is 12.6 Å². The van der Waals surface area contributed by atoms with E-state index < -0.39 is 17.9 Å². The third-order valence-electron chi connectivity index (χ3n) is 4.18. The van der Waals surface area contributed by atoms with Crippen molar-refractivity contribution in [1.29, 1.82) is 0 Å². The van der Waals surface area contributed by atoms with Crippen molar-refractivity contribution in [1.82, 2.24) is 10.6 Å². The maximum absolute atomic E-state index is 12.0. The first-order valence-electron chi connectivity index (χ1n) is 8.34. The van der Waals surface area contributed by atoms with Gasteiger partial charge in [0, 0.05) is 16.8 Å². The molecule has 0 bridgehead atoms. The number of thiophene rings is 1. The quantitative estimate of drug-likeness (QED) is 0.606. The van der Waals surface area contributed by atoms with Gasteiger partial charge in [-0.15, -0.1) is 11.3 Å². The van der Waals surface area contributed by atoms with Crippen LogP contribution in [-0.4, -0.2) is 23.5 Å². The molecule has 2 atom stereocenters. The second-order valence-electron chi connectivity index (χ2n) is 6.02. The molecule has 3 N–H and O–H groups in total. The van der Waals surface area contributed by atoms with Crippen LogP contribution in [-0.2, 0) is 9.59 Å². The zero-order chi connectivity index (χ0) is 18.5. The molecule has 0 fully saturated rings. The standard InChI is InChI=1S/C20H20N2O3S/c1-13(14-7-3-2-4-8-14)22-20(25)19(24)21-11-17(23)16-12-26-18-10-6-5-9-15(16)18/h2-10,12-13,17,23H,11H2,1H3,(H,21,24)(H,22,25)/t13-,17-/m1/s1. The van der Waals surface area contributed by atoms with Crippen molar-refractivity contribution in [3.05, 3.63) is 71.1 Å². The fourth-order valence-electron chi connectivity index (χ4n) is 2.72. The lowest BCUT2D eigenvalue weighted by atomic mass is 10.1. The highest BCUT2D eigenvalue weighted by Crippen LogP contribution is 2.29. The summed E-state index contributed by atoms with van der Waals surface area (Å²) in [5, 5.41) is 18.3. The van der Waals surface area contributed by atoms with Crippen molar-refractivity contribution < 1.29 is 14.7 Å². The van der Waals surface area contributed by atoms with Crippen molar-refractivity contribution in [3.8, 4) is 0 Å². The Bertz CT molecular complexity index is 908. The van der Waals surface area contributed by atoms with E-state index in [9.17, 15) is 14.7 Å². The Hall–Kier alpha value is -2.70. The lowest BCUT2D eigenvalue weighted by Crippen LogP contribution is -2.42. The minimum Gasteiger partial charge on any atom is -0.387 e. The molecule has 2 aromatic carbocycles. The van der Waals surface area contributed by atoms with E-state index in [0.29, 0.717) is 0 Å². The zero-order valence-corrected chi connectivity index (χ0v) is 15.1. The molecule has 0 unspecified atom stereocenters. The molecular weight excluding hydrogens is 348 g/mol. The molecule has 0 saturated carbocycles. The maximum atomic E-state index is 12.0. The average molecular weight is 368 g/mol. The predicted molar refractivity (Wildman–Crippen MR) is 103 cm³/mol. The van der Waals surface area contributed by atoms with Gasteiger partial charge in [-0.3, -0.25) is 9.59 Å². The van der Waals surface area contributed by atoms with Gasteiger partial charge in [-0.05, 0) is 29.3 Å². The molecule has 0 spiro atoms. The van der Waals surface area contributed by atoms with Crippen LogP contribution in [0.5, 0.6) is 0 Å². The van der Waals surface area contributed by atoms with E-state index in [1.807, 2.05) is 66.9 Å². The number of fused-ring (bicyclic) bond motifs is 1. The van der Waals surface area contributed by atoms with Crippen LogP contribution in [0.4, 0.5) is 0 Å². The summed E-state index contributed by atoms with van der Waals surface area (Å²) < 4.78 is 1.07. The number of benzene rings is 2. The largest absolute Gasteiger partial charge is 0.387 e. The molecule has 134 valence electrons. The lowest BCUT2D eigenvalue weighted by Gasteiger charge is -2.15. The van der Waals surface area contributed by atoms with Gasteiger partial charge in [-0.25, -0.2) is 0 Å². The Labute approximate surface area is 155 Å². The maximum Gasteiger partial charge on any atom is 0.309 e. The molecule has 0 aliphatic rings. The normalized spacial score (nSPS) is 13.2. The average Bonchev–Trinajstić information content (AvgIpc) is 3.10. The van der Waals surface area contributed by atoms with Gasteiger partial charge >= 0.3 is 11.8 Å². The number of aliphatic hydroxyl groups excluding tert-OH is 1. The summed E-state index contributed by atoms with van der Waals surface area (Å²) >= 11 is 1.54. The first-order valence-corrected chi connectivity index (χ1v) is 9.22. The van der Waals surface area contributed by atoms with E-state index in [1.54, 1.807) is 0 Å².